The monoisotopic (exact) mass is 300 g/mol. The minimum atomic E-state index is -0.0553. The summed E-state index contributed by atoms with van der Waals surface area (Å²) in [5, 5.41) is 4.02. The second-order valence-electron chi connectivity index (χ2n) is 5.55. The fraction of sp³-hybridized carbons (Fsp3) is 0.438. The standard InChI is InChI=1S/C16H20N4O2/c1-13-9-19(16(21)7-8-20-12-17-11-18-20)10-15(22-13)14-5-3-2-4-6-14/h2-6,11-13,15H,7-10H2,1H3/t13-,15+/m0/s1. The molecule has 6 heteroatoms. The van der Waals surface area contributed by atoms with Crippen molar-refractivity contribution < 1.29 is 9.53 Å². The minimum absolute atomic E-state index is 0.0364. The normalized spacial score (nSPS) is 21.8. The molecule has 1 aliphatic heterocycles. The summed E-state index contributed by atoms with van der Waals surface area (Å²) >= 11 is 0. The molecule has 0 N–H and O–H groups in total. The number of nitrogens with zero attached hydrogens (tertiary/aromatic N) is 4. The molecular weight excluding hydrogens is 280 g/mol. The Morgan fingerprint density at radius 2 is 2.14 bits per heavy atom. The maximum absolute atomic E-state index is 12.4. The van der Waals surface area contributed by atoms with Gasteiger partial charge in [0.1, 0.15) is 18.8 Å². The van der Waals surface area contributed by atoms with Gasteiger partial charge < -0.3 is 9.64 Å². The molecule has 1 fully saturated rings. The van der Waals surface area contributed by atoms with Gasteiger partial charge in [-0.2, -0.15) is 5.10 Å². The highest BCUT2D eigenvalue weighted by Crippen LogP contribution is 2.25. The number of morpholine rings is 1. The lowest BCUT2D eigenvalue weighted by Gasteiger charge is -2.37. The van der Waals surface area contributed by atoms with Crippen molar-refractivity contribution in [3.05, 3.63) is 48.5 Å². The molecule has 1 aliphatic rings. The van der Waals surface area contributed by atoms with E-state index in [2.05, 4.69) is 10.1 Å². The molecule has 1 aromatic carbocycles. The summed E-state index contributed by atoms with van der Waals surface area (Å²) in [6, 6.07) is 10.1. The molecular formula is C16H20N4O2. The summed E-state index contributed by atoms with van der Waals surface area (Å²) in [4.78, 5) is 18.2. The van der Waals surface area contributed by atoms with Crippen LogP contribution in [0.25, 0.3) is 0 Å². The molecule has 3 rings (SSSR count). The van der Waals surface area contributed by atoms with E-state index in [1.165, 1.54) is 6.33 Å². The van der Waals surface area contributed by atoms with Crippen molar-refractivity contribution in [2.45, 2.75) is 32.1 Å². The van der Waals surface area contributed by atoms with Gasteiger partial charge in [0.15, 0.2) is 0 Å². The number of benzene rings is 1. The van der Waals surface area contributed by atoms with E-state index in [0.29, 0.717) is 26.1 Å². The summed E-state index contributed by atoms with van der Waals surface area (Å²) in [5.74, 6) is 0.131. The van der Waals surface area contributed by atoms with Crippen molar-refractivity contribution in [1.29, 1.82) is 0 Å². The van der Waals surface area contributed by atoms with Gasteiger partial charge in [-0.05, 0) is 12.5 Å². The predicted molar refractivity (Wildman–Crippen MR) is 80.9 cm³/mol. The molecule has 2 atom stereocenters. The average Bonchev–Trinajstić information content (AvgIpc) is 3.06. The Bertz CT molecular complexity index is 600. The molecule has 22 heavy (non-hydrogen) atoms. The maximum atomic E-state index is 12.4. The van der Waals surface area contributed by atoms with Gasteiger partial charge in [0.2, 0.25) is 5.91 Å². The van der Waals surface area contributed by atoms with E-state index in [9.17, 15) is 4.79 Å². The third-order valence-electron chi connectivity index (χ3n) is 3.81. The van der Waals surface area contributed by atoms with E-state index in [1.807, 2.05) is 42.2 Å². The van der Waals surface area contributed by atoms with Gasteiger partial charge in [0.05, 0.1) is 19.2 Å². The van der Waals surface area contributed by atoms with E-state index in [4.69, 9.17) is 4.74 Å². The highest BCUT2D eigenvalue weighted by atomic mass is 16.5. The van der Waals surface area contributed by atoms with E-state index in [0.717, 1.165) is 5.56 Å². The number of rotatable bonds is 4. The number of ether oxygens (including phenoxy) is 1. The molecule has 0 unspecified atom stereocenters. The van der Waals surface area contributed by atoms with Gasteiger partial charge in [0, 0.05) is 13.0 Å². The topological polar surface area (TPSA) is 60.2 Å². The van der Waals surface area contributed by atoms with Gasteiger partial charge in [0.25, 0.3) is 0 Å². The van der Waals surface area contributed by atoms with Gasteiger partial charge >= 0.3 is 0 Å². The summed E-state index contributed by atoms with van der Waals surface area (Å²) in [6.45, 7) is 3.80. The second-order valence-corrected chi connectivity index (χ2v) is 5.55. The van der Waals surface area contributed by atoms with Crippen LogP contribution in [-0.4, -0.2) is 44.8 Å². The maximum Gasteiger partial charge on any atom is 0.224 e. The number of carbonyl (C=O) groups excluding carboxylic acids is 1. The Morgan fingerprint density at radius 1 is 1.32 bits per heavy atom. The molecule has 0 bridgehead atoms. The van der Waals surface area contributed by atoms with Gasteiger partial charge in [-0.3, -0.25) is 9.48 Å². The average molecular weight is 300 g/mol. The van der Waals surface area contributed by atoms with Gasteiger partial charge in [-0.1, -0.05) is 30.3 Å². The molecule has 2 heterocycles. The van der Waals surface area contributed by atoms with Crippen LogP contribution in [-0.2, 0) is 16.1 Å². The lowest BCUT2D eigenvalue weighted by Crippen LogP contribution is -2.46. The van der Waals surface area contributed by atoms with Crippen molar-refractivity contribution in [2.24, 2.45) is 0 Å². The van der Waals surface area contributed by atoms with Crippen molar-refractivity contribution in [2.75, 3.05) is 13.1 Å². The zero-order valence-electron chi connectivity index (χ0n) is 12.6. The summed E-state index contributed by atoms with van der Waals surface area (Å²) in [7, 11) is 0. The number of aryl methyl sites for hydroxylation is 1. The quantitative estimate of drug-likeness (QED) is 0.861. The van der Waals surface area contributed by atoms with Crippen LogP contribution in [0.2, 0.25) is 0 Å². The Balaban J connectivity index is 1.61. The number of hydrogen-bond donors (Lipinski definition) is 0. The van der Waals surface area contributed by atoms with Crippen LogP contribution in [0.15, 0.2) is 43.0 Å². The third-order valence-corrected chi connectivity index (χ3v) is 3.81. The number of carbonyl (C=O) groups is 1. The van der Waals surface area contributed by atoms with Crippen LogP contribution in [0.3, 0.4) is 0 Å². The fourth-order valence-electron chi connectivity index (χ4n) is 2.72. The van der Waals surface area contributed by atoms with Crippen LogP contribution < -0.4 is 0 Å². The molecule has 2 aromatic rings. The molecule has 0 saturated carbocycles. The Hall–Kier alpha value is -2.21. The molecule has 6 nitrogen and oxygen atoms in total. The van der Waals surface area contributed by atoms with Crippen LogP contribution in [0.1, 0.15) is 25.0 Å². The van der Waals surface area contributed by atoms with Crippen LogP contribution >= 0.6 is 0 Å². The minimum Gasteiger partial charge on any atom is -0.367 e. The number of aromatic nitrogens is 3. The van der Waals surface area contributed by atoms with Gasteiger partial charge in [-0.15, -0.1) is 0 Å². The fourth-order valence-corrected chi connectivity index (χ4v) is 2.72. The van der Waals surface area contributed by atoms with Crippen molar-refractivity contribution in [3.8, 4) is 0 Å². The van der Waals surface area contributed by atoms with Gasteiger partial charge in [-0.25, -0.2) is 4.98 Å². The zero-order valence-corrected chi connectivity index (χ0v) is 12.6. The first-order valence-electron chi connectivity index (χ1n) is 7.53. The lowest BCUT2D eigenvalue weighted by atomic mass is 10.1. The van der Waals surface area contributed by atoms with Crippen molar-refractivity contribution in [3.63, 3.8) is 0 Å². The molecule has 1 aromatic heterocycles. The Labute approximate surface area is 129 Å². The van der Waals surface area contributed by atoms with Crippen molar-refractivity contribution in [1.82, 2.24) is 19.7 Å². The molecule has 0 spiro atoms. The molecule has 1 amide bonds. The first-order chi connectivity index (χ1) is 10.7. The van der Waals surface area contributed by atoms with Crippen molar-refractivity contribution >= 4 is 5.91 Å². The SMILES string of the molecule is C[C@H]1CN(C(=O)CCn2cncn2)C[C@H](c2ccccc2)O1. The largest absolute Gasteiger partial charge is 0.367 e. The summed E-state index contributed by atoms with van der Waals surface area (Å²) < 4.78 is 7.66. The summed E-state index contributed by atoms with van der Waals surface area (Å²) in [6.07, 6.45) is 3.52. The highest BCUT2D eigenvalue weighted by Gasteiger charge is 2.29. The Morgan fingerprint density at radius 3 is 2.86 bits per heavy atom. The van der Waals surface area contributed by atoms with E-state index in [-0.39, 0.29) is 18.1 Å². The van der Waals surface area contributed by atoms with E-state index < -0.39 is 0 Å². The summed E-state index contributed by atoms with van der Waals surface area (Å²) in [5.41, 5.74) is 1.11. The Kier molecular flexibility index (Phi) is 4.48. The lowest BCUT2D eigenvalue weighted by molar-refractivity contribution is -0.145. The van der Waals surface area contributed by atoms with Crippen LogP contribution in [0, 0.1) is 0 Å². The third kappa shape index (κ3) is 3.51. The predicted octanol–water partition coefficient (Wildman–Crippen LogP) is 1.66. The zero-order chi connectivity index (χ0) is 15.4. The second kappa shape index (κ2) is 6.70. The number of amides is 1. The molecule has 0 aliphatic carbocycles. The van der Waals surface area contributed by atoms with E-state index in [1.54, 1.807) is 11.0 Å². The molecule has 0 radical (unpaired) electrons. The van der Waals surface area contributed by atoms with E-state index >= 15 is 0 Å². The smallest absolute Gasteiger partial charge is 0.224 e. The molecule has 116 valence electrons. The first kappa shape index (κ1) is 14.7. The first-order valence-corrected chi connectivity index (χ1v) is 7.53. The highest BCUT2D eigenvalue weighted by molar-refractivity contribution is 5.76. The van der Waals surface area contributed by atoms with Crippen LogP contribution in [0.4, 0.5) is 0 Å². The van der Waals surface area contributed by atoms with Crippen LogP contribution in [0.5, 0.6) is 0 Å². The number of hydrogen-bond acceptors (Lipinski definition) is 4. The molecule has 1 saturated heterocycles.